The molecule has 4 rings (SSSR count). The number of nitrogens with one attached hydrogen (secondary N) is 9. The maximum Gasteiger partial charge on any atom is 0.326 e. The summed E-state index contributed by atoms with van der Waals surface area (Å²) >= 11 is 1.33. The van der Waals surface area contributed by atoms with Crippen LogP contribution in [-0.2, 0) is 73.6 Å². The molecule has 0 saturated heterocycles. The number of amides is 9. The molecule has 9 amide bonds. The molecule has 518 valence electrons. The van der Waals surface area contributed by atoms with Crippen molar-refractivity contribution in [1.82, 2.24) is 47.9 Å². The lowest BCUT2D eigenvalue weighted by Crippen LogP contribution is -2.61. The van der Waals surface area contributed by atoms with Crippen LogP contribution >= 0.6 is 11.8 Å². The van der Waals surface area contributed by atoms with Crippen LogP contribution in [0.2, 0.25) is 0 Å². The number of aliphatic imine (C=N–C) groups is 1. The summed E-state index contributed by atoms with van der Waals surface area (Å²) in [5, 5.41) is 63.7. The van der Waals surface area contributed by atoms with Crippen LogP contribution in [0.25, 0.3) is 0 Å². The molecule has 95 heavy (non-hydrogen) atoms. The molecule has 23 N–H and O–H groups in total. The van der Waals surface area contributed by atoms with E-state index in [0.29, 0.717) is 53.7 Å². The first-order valence-corrected chi connectivity index (χ1v) is 32.8. The highest BCUT2D eigenvalue weighted by Gasteiger charge is 2.35. The Bertz CT molecular complexity index is 3130. The highest BCUT2D eigenvalue weighted by atomic mass is 32.2. The standard InChI is InChI=1S/C65H93N15O14S/c1-39(72-61(90)51(36-43-23-27-45(83)28-24-43)77-56(85)46(68)34-42-21-25-44(82)26-22-42)55(84)73-47(18-9-11-30-66)57(86)75-49(20-13-32-71-65(69)70)59(88)74-48(19-10-12-31-67)58(87)76-50(29-33-95-2)60(89)80-54(38-81)63(92)78-52(35-40-14-5-3-6-15-40)62(91)79-53(64(93)94)37-41-16-7-4-8-17-41/h3-8,14-17,21-28,39,46-54,81-83H,9-13,18-20,29-38,66-68H2,1-2H3,(H,72,90)(H,73,84)(H,74,88)(H,75,86)(H,76,87)(H,77,85)(H,78,92)(H,79,91)(H,80,89)(H,93,94)(H4,69,70,71)/t39-,46-,47-,48-,49-,50-,51-,52-,53-,54-/m0/s1. The Morgan fingerprint density at radius 2 is 0.779 bits per heavy atom. The Morgan fingerprint density at radius 1 is 0.432 bits per heavy atom. The van der Waals surface area contributed by atoms with Crippen LogP contribution < -0.4 is 76.5 Å². The lowest BCUT2D eigenvalue weighted by molar-refractivity contribution is -0.142. The smallest absolute Gasteiger partial charge is 0.326 e. The van der Waals surface area contributed by atoms with Crippen molar-refractivity contribution in [1.29, 1.82) is 0 Å². The van der Waals surface area contributed by atoms with Gasteiger partial charge < -0.3 is 96.9 Å². The normalized spacial score (nSPS) is 14.2. The average molecular weight is 1340 g/mol. The molecule has 0 aliphatic heterocycles. The second-order valence-electron chi connectivity index (χ2n) is 22.8. The van der Waals surface area contributed by atoms with Crippen molar-refractivity contribution in [2.24, 2.45) is 33.7 Å². The summed E-state index contributed by atoms with van der Waals surface area (Å²) in [5.74, 6) is -8.98. The van der Waals surface area contributed by atoms with E-state index in [4.69, 9.17) is 28.7 Å². The summed E-state index contributed by atoms with van der Waals surface area (Å²) in [4.78, 5) is 143. The lowest BCUT2D eigenvalue weighted by atomic mass is 10.0. The number of carbonyl (C=O) groups excluding carboxylic acids is 9. The van der Waals surface area contributed by atoms with E-state index in [9.17, 15) is 68.4 Å². The fraction of sp³-hybridized carbons (Fsp3) is 0.462. The number of carbonyl (C=O) groups is 10. The van der Waals surface area contributed by atoms with Crippen LogP contribution in [0.15, 0.2) is 114 Å². The highest BCUT2D eigenvalue weighted by molar-refractivity contribution is 7.98. The molecule has 0 aliphatic rings. The van der Waals surface area contributed by atoms with E-state index in [1.165, 1.54) is 43.0 Å². The number of aliphatic hydroxyl groups is 1. The number of rotatable bonds is 43. The number of aromatic hydroxyl groups is 2. The SMILES string of the molecule is CSCC[C@H](NC(=O)[C@H](CCCCN)NC(=O)[C@H](CCCN=C(N)N)NC(=O)[C@H](CCCCN)NC(=O)[C@H](C)NC(=O)[C@H](Cc1ccc(O)cc1)NC(=O)[C@@H](N)Cc1ccc(O)cc1)C(=O)N[C@@H](CO)C(=O)N[C@@H](Cc1ccccc1)C(=O)N[C@@H](Cc1ccccc1)C(=O)O. The maximum absolute atomic E-state index is 14.6. The zero-order valence-corrected chi connectivity index (χ0v) is 54.3. The molecule has 4 aromatic rings. The van der Waals surface area contributed by atoms with Gasteiger partial charge in [-0.25, -0.2) is 4.79 Å². The molecule has 0 saturated carbocycles. The Morgan fingerprint density at radius 3 is 1.21 bits per heavy atom. The maximum atomic E-state index is 14.6. The number of unbranched alkanes of at least 4 members (excludes halogenated alkanes) is 2. The molecule has 0 radical (unpaired) electrons. The van der Waals surface area contributed by atoms with Crippen LogP contribution in [-0.4, -0.2) is 184 Å². The molecule has 0 bridgehead atoms. The van der Waals surface area contributed by atoms with Crippen molar-refractivity contribution < 1.29 is 68.4 Å². The highest BCUT2D eigenvalue weighted by Crippen LogP contribution is 2.16. The van der Waals surface area contributed by atoms with E-state index in [0.717, 1.165) is 0 Å². The third-order valence-electron chi connectivity index (χ3n) is 15.1. The number of guanidine groups is 1. The van der Waals surface area contributed by atoms with Gasteiger partial charge >= 0.3 is 5.97 Å². The minimum atomic E-state index is -1.69. The first-order valence-electron chi connectivity index (χ1n) is 31.4. The number of thioether (sulfide) groups is 1. The van der Waals surface area contributed by atoms with Crippen LogP contribution in [0.1, 0.15) is 87.0 Å². The number of benzene rings is 4. The molecule has 0 unspecified atom stereocenters. The van der Waals surface area contributed by atoms with Gasteiger partial charge in [0.1, 0.15) is 65.9 Å². The van der Waals surface area contributed by atoms with E-state index < -0.39 is 126 Å². The molecular weight excluding hydrogens is 1250 g/mol. The Hall–Kier alpha value is -9.36. The summed E-state index contributed by atoms with van der Waals surface area (Å²) in [5.41, 5.74) is 31.4. The monoisotopic (exact) mass is 1340 g/mol. The predicted molar refractivity (Wildman–Crippen MR) is 358 cm³/mol. The van der Waals surface area contributed by atoms with Gasteiger partial charge in [-0.05, 0) is 143 Å². The average Bonchev–Trinajstić information content (AvgIpc) is 2.59. The van der Waals surface area contributed by atoms with Crippen molar-refractivity contribution in [3.8, 4) is 11.5 Å². The summed E-state index contributed by atoms with van der Waals surface area (Å²) in [6.07, 6.45) is 2.92. The van der Waals surface area contributed by atoms with Crippen molar-refractivity contribution in [2.45, 2.75) is 151 Å². The lowest BCUT2D eigenvalue weighted by Gasteiger charge is -2.28. The van der Waals surface area contributed by atoms with E-state index in [1.807, 2.05) is 0 Å². The van der Waals surface area contributed by atoms with Gasteiger partial charge in [0.2, 0.25) is 53.2 Å². The van der Waals surface area contributed by atoms with Gasteiger partial charge in [-0.3, -0.25) is 48.1 Å². The topological polar surface area (TPSA) is 502 Å². The molecule has 4 aromatic carbocycles. The number of carboxylic acids is 1. The van der Waals surface area contributed by atoms with Crippen LogP contribution in [0.4, 0.5) is 0 Å². The summed E-state index contributed by atoms with van der Waals surface area (Å²) in [6.45, 7) is 0.830. The molecule has 10 atom stereocenters. The first kappa shape index (κ1) is 78.1. The fourth-order valence-electron chi connectivity index (χ4n) is 9.75. The first-order chi connectivity index (χ1) is 45.4. The van der Waals surface area contributed by atoms with Crippen LogP contribution in [0.5, 0.6) is 11.5 Å². The molecule has 0 aromatic heterocycles. The van der Waals surface area contributed by atoms with Crippen LogP contribution in [0.3, 0.4) is 0 Å². The minimum Gasteiger partial charge on any atom is -0.508 e. The van der Waals surface area contributed by atoms with Gasteiger partial charge in [0.25, 0.3) is 0 Å². The molecule has 0 heterocycles. The van der Waals surface area contributed by atoms with E-state index in [1.54, 1.807) is 91.2 Å². The molecule has 30 heteroatoms. The third kappa shape index (κ3) is 28.8. The van der Waals surface area contributed by atoms with Crippen LogP contribution in [0, 0.1) is 0 Å². The quantitative estimate of drug-likeness (QED) is 0.0132. The number of hydrogen-bond donors (Lipinski definition) is 18. The Labute approximate surface area is 556 Å². The minimum absolute atomic E-state index is 0.00462. The fourth-order valence-corrected chi connectivity index (χ4v) is 10.2. The number of nitrogens with zero attached hydrogens (tertiary/aromatic N) is 1. The van der Waals surface area contributed by atoms with Crippen molar-refractivity contribution >= 4 is 76.9 Å². The van der Waals surface area contributed by atoms with Gasteiger partial charge in [0, 0.05) is 25.8 Å². The van der Waals surface area contributed by atoms with Gasteiger partial charge in [-0.15, -0.1) is 0 Å². The zero-order valence-electron chi connectivity index (χ0n) is 53.5. The molecule has 29 nitrogen and oxygen atoms in total. The third-order valence-corrected chi connectivity index (χ3v) is 15.7. The van der Waals surface area contributed by atoms with E-state index >= 15 is 0 Å². The number of phenols is 2. The molecule has 0 aliphatic carbocycles. The predicted octanol–water partition coefficient (Wildman–Crippen LogP) is -1.78. The number of phenolic OH excluding ortho intramolecular Hbond substituents is 2. The summed E-state index contributed by atoms with van der Waals surface area (Å²) < 4.78 is 0. The second kappa shape index (κ2) is 42.1. The van der Waals surface area contributed by atoms with Gasteiger partial charge in [0.05, 0.1) is 12.6 Å². The molecule has 0 spiro atoms. The zero-order chi connectivity index (χ0) is 69.8. The van der Waals surface area contributed by atoms with Crippen molar-refractivity contribution in [2.75, 3.05) is 38.2 Å². The van der Waals surface area contributed by atoms with Crippen molar-refractivity contribution in [3.63, 3.8) is 0 Å². The van der Waals surface area contributed by atoms with E-state index in [-0.39, 0.29) is 94.9 Å². The number of nitrogens with two attached hydrogens (primary N) is 5. The number of carboxylic acid groups (broad SMARTS) is 1. The molecule has 0 fully saturated rings. The molecular formula is C65H93N15O14S. The number of aliphatic carboxylic acids is 1. The van der Waals surface area contributed by atoms with E-state index in [2.05, 4.69) is 52.8 Å². The summed E-state index contributed by atoms with van der Waals surface area (Å²) in [7, 11) is 0. The Balaban J connectivity index is 1.54. The number of hydrogen-bond acceptors (Lipinski definition) is 18. The second-order valence-corrected chi connectivity index (χ2v) is 23.8. The number of aliphatic hydroxyl groups excluding tert-OH is 1. The van der Waals surface area contributed by atoms with Crippen molar-refractivity contribution in [3.05, 3.63) is 131 Å². The Kier molecular flexibility index (Phi) is 34.6. The van der Waals surface area contributed by atoms with Gasteiger partial charge in [-0.1, -0.05) is 84.9 Å². The largest absolute Gasteiger partial charge is 0.508 e. The summed E-state index contributed by atoms with van der Waals surface area (Å²) in [6, 6.07) is 15.3. The van der Waals surface area contributed by atoms with Gasteiger partial charge in [0.15, 0.2) is 5.96 Å². The van der Waals surface area contributed by atoms with Gasteiger partial charge in [-0.2, -0.15) is 11.8 Å².